The second-order valence-electron chi connectivity index (χ2n) is 5.05. The van der Waals surface area contributed by atoms with Crippen LogP contribution < -0.4 is 19.6 Å². The van der Waals surface area contributed by atoms with Crippen LogP contribution in [0, 0.1) is 0 Å². The van der Waals surface area contributed by atoms with Crippen LogP contribution in [0.2, 0.25) is 0 Å². The summed E-state index contributed by atoms with van der Waals surface area (Å²) < 4.78 is 16.9. The number of hydrogen-bond acceptors (Lipinski definition) is 5. The number of ether oxygens (including phenoxy) is 3. The largest absolute Gasteiger partial charge is 0.489 e. The van der Waals surface area contributed by atoms with Gasteiger partial charge in [0.1, 0.15) is 12.4 Å². The summed E-state index contributed by atoms with van der Waals surface area (Å²) in [6.07, 6.45) is 3.18. The van der Waals surface area contributed by atoms with Gasteiger partial charge in [-0.25, -0.2) is 5.43 Å². The molecule has 7 heteroatoms. The Balaban J connectivity index is 1.69. The molecular weight excluding hydrogens is 388 g/mol. The summed E-state index contributed by atoms with van der Waals surface area (Å²) in [4.78, 5) is 12.2. The molecule has 0 fully saturated rings. The number of halogens is 1. The Bertz CT molecular complexity index is 836. The van der Waals surface area contributed by atoms with Crippen molar-refractivity contribution < 1.29 is 19.0 Å². The standard InChI is InChI=1S/C18H15BrN2O4/c1-2-7-23-15-6-4-14(19)8-13(15)10-20-21-18(22)12-3-5-16-17(9-12)25-11-24-16/h2-6,8-10H,1,7,11H2,(H,21,22)/b20-10+. The van der Waals surface area contributed by atoms with Gasteiger partial charge < -0.3 is 14.2 Å². The summed E-state index contributed by atoms with van der Waals surface area (Å²) in [6, 6.07) is 10.5. The summed E-state index contributed by atoms with van der Waals surface area (Å²) in [6.45, 7) is 4.17. The van der Waals surface area contributed by atoms with Gasteiger partial charge in [-0.3, -0.25) is 4.79 Å². The average molecular weight is 403 g/mol. The third-order valence-corrected chi connectivity index (χ3v) is 3.83. The number of nitrogens with zero attached hydrogens (tertiary/aromatic N) is 1. The molecule has 2 aromatic rings. The van der Waals surface area contributed by atoms with Gasteiger partial charge in [0.05, 0.1) is 6.21 Å². The Morgan fingerprint density at radius 2 is 2.12 bits per heavy atom. The number of hydrazone groups is 1. The van der Waals surface area contributed by atoms with Gasteiger partial charge in [-0.2, -0.15) is 5.10 Å². The number of hydrogen-bond donors (Lipinski definition) is 1. The first kappa shape index (κ1) is 17.0. The topological polar surface area (TPSA) is 69.2 Å². The van der Waals surface area contributed by atoms with Crippen molar-refractivity contribution in [3.63, 3.8) is 0 Å². The van der Waals surface area contributed by atoms with E-state index < -0.39 is 0 Å². The maximum Gasteiger partial charge on any atom is 0.271 e. The smallest absolute Gasteiger partial charge is 0.271 e. The molecule has 0 bridgehead atoms. The number of amides is 1. The molecule has 1 N–H and O–H groups in total. The normalized spacial score (nSPS) is 12.2. The fourth-order valence-corrected chi connectivity index (χ4v) is 2.54. The zero-order valence-corrected chi connectivity index (χ0v) is 14.8. The van der Waals surface area contributed by atoms with Crippen LogP contribution in [-0.2, 0) is 0 Å². The molecule has 6 nitrogen and oxygen atoms in total. The highest BCUT2D eigenvalue weighted by Crippen LogP contribution is 2.32. The van der Waals surface area contributed by atoms with Crippen molar-refractivity contribution in [3.8, 4) is 17.2 Å². The minimum Gasteiger partial charge on any atom is -0.489 e. The van der Waals surface area contributed by atoms with E-state index in [1.165, 1.54) is 6.21 Å². The molecule has 0 aromatic heterocycles. The van der Waals surface area contributed by atoms with Gasteiger partial charge in [0.15, 0.2) is 11.5 Å². The van der Waals surface area contributed by atoms with Crippen LogP contribution in [0.4, 0.5) is 0 Å². The number of carbonyl (C=O) groups is 1. The van der Waals surface area contributed by atoms with Crippen molar-refractivity contribution in [2.75, 3.05) is 13.4 Å². The van der Waals surface area contributed by atoms with E-state index in [9.17, 15) is 4.79 Å². The maximum absolute atomic E-state index is 12.2. The lowest BCUT2D eigenvalue weighted by Gasteiger charge is -2.07. The van der Waals surface area contributed by atoms with Crippen LogP contribution in [0.1, 0.15) is 15.9 Å². The Morgan fingerprint density at radius 3 is 2.96 bits per heavy atom. The predicted molar refractivity (Wildman–Crippen MR) is 97.5 cm³/mol. The highest BCUT2D eigenvalue weighted by molar-refractivity contribution is 9.10. The Labute approximate surface area is 153 Å². The maximum atomic E-state index is 12.2. The Hall–Kier alpha value is -2.80. The van der Waals surface area contributed by atoms with Crippen molar-refractivity contribution in [1.29, 1.82) is 0 Å². The van der Waals surface area contributed by atoms with Crippen molar-refractivity contribution in [2.24, 2.45) is 5.10 Å². The van der Waals surface area contributed by atoms with Gasteiger partial charge in [0.25, 0.3) is 5.91 Å². The highest BCUT2D eigenvalue weighted by atomic mass is 79.9. The number of fused-ring (bicyclic) bond motifs is 1. The van der Waals surface area contributed by atoms with Gasteiger partial charge in [0.2, 0.25) is 6.79 Å². The van der Waals surface area contributed by atoms with E-state index in [0.29, 0.717) is 29.4 Å². The van der Waals surface area contributed by atoms with Crippen LogP contribution >= 0.6 is 15.9 Å². The van der Waals surface area contributed by atoms with E-state index in [1.807, 2.05) is 18.2 Å². The molecule has 3 rings (SSSR count). The lowest BCUT2D eigenvalue weighted by Crippen LogP contribution is -2.17. The Kier molecular flexibility index (Phi) is 5.35. The fraction of sp³-hybridized carbons (Fsp3) is 0.111. The molecule has 1 aliphatic rings. The molecule has 128 valence electrons. The average Bonchev–Trinajstić information content (AvgIpc) is 3.08. The third-order valence-electron chi connectivity index (χ3n) is 3.33. The highest BCUT2D eigenvalue weighted by Gasteiger charge is 2.15. The summed E-state index contributed by atoms with van der Waals surface area (Å²) >= 11 is 3.40. The molecule has 0 atom stereocenters. The minimum atomic E-state index is -0.349. The zero-order chi connectivity index (χ0) is 17.6. The number of nitrogens with one attached hydrogen (secondary N) is 1. The monoisotopic (exact) mass is 402 g/mol. The molecule has 1 aliphatic heterocycles. The lowest BCUT2D eigenvalue weighted by atomic mass is 10.2. The molecule has 25 heavy (non-hydrogen) atoms. The van der Waals surface area contributed by atoms with Crippen molar-refractivity contribution in [3.05, 3.63) is 64.7 Å². The molecule has 2 aromatic carbocycles. The molecule has 0 spiro atoms. The minimum absolute atomic E-state index is 0.162. The first-order chi connectivity index (χ1) is 12.2. The first-order valence-electron chi connectivity index (χ1n) is 7.43. The van der Waals surface area contributed by atoms with Crippen molar-refractivity contribution in [1.82, 2.24) is 5.43 Å². The lowest BCUT2D eigenvalue weighted by molar-refractivity contribution is 0.0954. The summed E-state index contributed by atoms with van der Waals surface area (Å²) in [7, 11) is 0. The quantitative estimate of drug-likeness (QED) is 0.456. The van der Waals surface area contributed by atoms with E-state index in [-0.39, 0.29) is 12.7 Å². The van der Waals surface area contributed by atoms with Gasteiger partial charge in [-0.05, 0) is 36.4 Å². The summed E-state index contributed by atoms with van der Waals surface area (Å²) in [5.41, 5.74) is 3.64. The SMILES string of the molecule is C=CCOc1ccc(Br)cc1/C=N/NC(=O)c1ccc2c(c1)OCO2. The predicted octanol–water partition coefficient (Wildman–Crippen LogP) is 3.51. The first-order valence-corrected chi connectivity index (χ1v) is 8.23. The van der Waals surface area contributed by atoms with Crippen molar-refractivity contribution >= 4 is 28.1 Å². The number of benzene rings is 2. The van der Waals surface area contributed by atoms with Crippen LogP contribution in [0.5, 0.6) is 17.2 Å². The number of rotatable bonds is 6. The van der Waals surface area contributed by atoms with Crippen LogP contribution in [0.3, 0.4) is 0 Å². The number of carbonyl (C=O) groups excluding carboxylic acids is 1. The fourth-order valence-electron chi connectivity index (χ4n) is 2.16. The molecule has 0 saturated heterocycles. The second-order valence-corrected chi connectivity index (χ2v) is 5.96. The molecule has 0 saturated carbocycles. The Morgan fingerprint density at radius 1 is 1.28 bits per heavy atom. The van der Waals surface area contributed by atoms with E-state index in [0.717, 1.165) is 10.0 Å². The molecule has 0 unspecified atom stereocenters. The van der Waals surface area contributed by atoms with Crippen LogP contribution in [-0.4, -0.2) is 25.5 Å². The van der Waals surface area contributed by atoms with Gasteiger partial charge in [-0.15, -0.1) is 0 Å². The van der Waals surface area contributed by atoms with Crippen LogP contribution in [0.15, 0.2) is 58.6 Å². The van der Waals surface area contributed by atoms with E-state index in [2.05, 4.69) is 33.0 Å². The third kappa shape index (κ3) is 4.19. The summed E-state index contributed by atoms with van der Waals surface area (Å²) in [5.74, 6) is 1.46. The van der Waals surface area contributed by atoms with Gasteiger partial charge in [0, 0.05) is 15.6 Å². The van der Waals surface area contributed by atoms with Gasteiger partial charge in [-0.1, -0.05) is 28.6 Å². The zero-order valence-electron chi connectivity index (χ0n) is 13.2. The second kappa shape index (κ2) is 7.85. The molecule has 1 heterocycles. The molecule has 0 aliphatic carbocycles. The van der Waals surface area contributed by atoms with Crippen LogP contribution in [0.25, 0.3) is 0 Å². The molecule has 1 amide bonds. The van der Waals surface area contributed by atoms with E-state index in [1.54, 1.807) is 24.3 Å². The summed E-state index contributed by atoms with van der Waals surface area (Å²) in [5, 5.41) is 4.00. The molecular formula is C18H15BrN2O4. The molecule has 0 radical (unpaired) electrons. The van der Waals surface area contributed by atoms with E-state index >= 15 is 0 Å². The van der Waals surface area contributed by atoms with E-state index in [4.69, 9.17) is 14.2 Å². The van der Waals surface area contributed by atoms with Crippen molar-refractivity contribution in [2.45, 2.75) is 0 Å². The van der Waals surface area contributed by atoms with Gasteiger partial charge >= 0.3 is 0 Å².